The summed E-state index contributed by atoms with van der Waals surface area (Å²) in [6.07, 6.45) is 4.97. The Balaban J connectivity index is 1.64. The molecule has 0 aliphatic carbocycles. The molecule has 2 nitrogen and oxygen atoms in total. The van der Waals surface area contributed by atoms with Crippen molar-refractivity contribution in [2.45, 2.75) is 53.0 Å². The van der Waals surface area contributed by atoms with Gasteiger partial charge in [0.05, 0.1) is 10.7 Å². The molecule has 0 saturated heterocycles. The van der Waals surface area contributed by atoms with E-state index in [0.29, 0.717) is 0 Å². The number of aliphatic imine (C=N–C) groups is 1. The van der Waals surface area contributed by atoms with Gasteiger partial charge in [-0.25, -0.2) is 0 Å². The van der Waals surface area contributed by atoms with Crippen molar-refractivity contribution in [3.05, 3.63) is 118 Å². The third kappa shape index (κ3) is 7.52. The molecule has 1 unspecified atom stereocenters. The van der Waals surface area contributed by atoms with Crippen LogP contribution in [-0.2, 0) is 19.3 Å². The lowest BCUT2D eigenvalue weighted by atomic mass is 9.98. The predicted octanol–water partition coefficient (Wildman–Crippen LogP) is 8.12. The predicted molar refractivity (Wildman–Crippen MR) is 155 cm³/mol. The van der Waals surface area contributed by atoms with Gasteiger partial charge in [-0.05, 0) is 87.9 Å². The number of halogens is 1. The van der Waals surface area contributed by atoms with Crippen LogP contribution in [0.3, 0.4) is 0 Å². The van der Waals surface area contributed by atoms with Crippen LogP contribution >= 0.6 is 11.6 Å². The van der Waals surface area contributed by atoms with E-state index in [1.807, 2.05) is 46.0 Å². The van der Waals surface area contributed by atoms with Crippen LogP contribution in [0.15, 0.2) is 84.4 Å². The number of rotatable bonds is 10. The second-order valence-electron chi connectivity index (χ2n) is 9.25. The fraction of sp³-hybridized carbons (Fsp3) is 0.281. The van der Waals surface area contributed by atoms with E-state index in [1.54, 1.807) is 0 Å². The number of nitrogens with zero attached hydrogens (tertiary/aromatic N) is 1. The Morgan fingerprint density at radius 1 is 0.943 bits per heavy atom. The van der Waals surface area contributed by atoms with Crippen LogP contribution in [0.2, 0.25) is 5.02 Å². The number of hydrogen-bond donors (Lipinski definition) is 1. The minimum Gasteiger partial charge on any atom is -0.312 e. The maximum Gasteiger partial charge on any atom is 0.0674 e. The van der Waals surface area contributed by atoms with Crippen molar-refractivity contribution in [2.75, 3.05) is 7.05 Å². The Morgan fingerprint density at radius 2 is 1.51 bits per heavy atom. The van der Waals surface area contributed by atoms with Gasteiger partial charge in [-0.1, -0.05) is 90.5 Å². The first kappa shape index (κ1) is 26.7. The second-order valence-corrected chi connectivity index (χ2v) is 9.66. The Hall–Kier alpha value is -2.94. The molecule has 0 fully saturated rings. The molecule has 0 bridgehead atoms. The lowest BCUT2D eigenvalue weighted by molar-refractivity contribution is 0.693. The van der Waals surface area contributed by atoms with Crippen LogP contribution < -0.4 is 5.32 Å². The molecule has 3 rings (SSSR count). The van der Waals surface area contributed by atoms with Crippen LogP contribution in [0.25, 0.3) is 11.3 Å². The summed E-state index contributed by atoms with van der Waals surface area (Å²) in [5.41, 5.74) is 10.4. The van der Waals surface area contributed by atoms with E-state index in [-0.39, 0.29) is 6.04 Å². The van der Waals surface area contributed by atoms with Gasteiger partial charge in [0.1, 0.15) is 0 Å². The van der Waals surface area contributed by atoms with Crippen molar-refractivity contribution < 1.29 is 0 Å². The summed E-state index contributed by atoms with van der Waals surface area (Å²) in [5, 5.41) is 4.17. The molecule has 3 heteroatoms. The van der Waals surface area contributed by atoms with Gasteiger partial charge in [-0.15, -0.1) is 0 Å². The first-order chi connectivity index (χ1) is 16.8. The number of likely N-dealkylation sites (N-methyl/N-ethyl adjacent to an activating group) is 1. The standard InChI is InChI=1S/C32H37ClN2/c1-7-31(29-19-8-23(4)20-30(29)33)35-24(5)32(34-6)21-27-13-11-25(12-14-27)9-10-26-15-17-28(18-16-26)22(2)3/h7-8,11-20,32,34H,2,9-10,21H2,1,3-6H3/b31-7-,35-24?. The van der Waals surface area contributed by atoms with E-state index in [9.17, 15) is 0 Å². The van der Waals surface area contributed by atoms with E-state index < -0.39 is 0 Å². The molecule has 35 heavy (non-hydrogen) atoms. The SMILES string of the molecule is C=C(C)c1ccc(CCc2ccc(CC(NC)C(C)=N/C(=C\C)c3ccc(C)cc3Cl)cc2)cc1. The van der Waals surface area contributed by atoms with Crippen molar-refractivity contribution in [3.63, 3.8) is 0 Å². The molecule has 0 aliphatic rings. The molecular formula is C32H37ClN2. The minimum absolute atomic E-state index is 0.145. The molecule has 1 N–H and O–H groups in total. The monoisotopic (exact) mass is 484 g/mol. The molecule has 0 amide bonds. The fourth-order valence-electron chi connectivity index (χ4n) is 4.16. The maximum absolute atomic E-state index is 6.50. The van der Waals surface area contributed by atoms with Crippen molar-refractivity contribution in [3.8, 4) is 0 Å². The summed E-state index contributed by atoms with van der Waals surface area (Å²) >= 11 is 6.50. The van der Waals surface area contributed by atoms with Crippen LogP contribution in [0.4, 0.5) is 0 Å². The number of aryl methyl sites for hydroxylation is 3. The molecule has 1 atom stereocenters. The third-order valence-corrected chi connectivity index (χ3v) is 6.75. The molecule has 0 aromatic heterocycles. The number of benzene rings is 3. The van der Waals surface area contributed by atoms with Gasteiger partial charge in [0.15, 0.2) is 0 Å². The number of allylic oxidation sites excluding steroid dienone is 2. The third-order valence-electron chi connectivity index (χ3n) is 6.44. The van der Waals surface area contributed by atoms with Crippen molar-refractivity contribution in [1.29, 1.82) is 0 Å². The zero-order chi connectivity index (χ0) is 25.4. The van der Waals surface area contributed by atoms with Crippen LogP contribution in [0.1, 0.15) is 54.2 Å². The Morgan fingerprint density at radius 3 is 2.03 bits per heavy atom. The first-order valence-corrected chi connectivity index (χ1v) is 12.7. The van der Waals surface area contributed by atoms with E-state index in [1.165, 1.54) is 22.3 Å². The van der Waals surface area contributed by atoms with Crippen molar-refractivity contribution in [1.82, 2.24) is 5.32 Å². The molecule has 0 heterocycles. The van der Waals surface area contributed by atoms with E-state index in [2.05, 4.69) is 73.4 Å². The molecule has 0 saturated carbocycles. The summed E-state index contributed by atoms with van der Waals surface area (Å²) < 4.78 is 0. The van der Waals surface area contributed by atoms with Crippen LogP contribution in [-0.4, -0.2) is 18.8 Å². The van der Waals surface area contributed by atoms with E-state index in [0.717, 1.165) is 52.4 Å². The highest BCUT2D eigenvalue weighted by Crippen LogP contribution is 2.26. The van der Waals surface area contributed by atoms with Gasteiger partial charge in [-0.3, -0.25) is 4.99 Å². The maximum atomic E-state index is 6.50. The Labute approximate surface area is 216 Å². The zero-order valence-electron chi connectivity index (χ0n) is 21.7. The van der Waals surface area contributed by atoms with Gasteiger partial charge >= 0.3 is 0 Å². The highest BCUT2D eigenvalue weighted by molar-refractivity contribution is 6.32. The quantitative estimate of drug-likeness (QED) is 0.288. The molecule has 3 aromatic rings. The van der Waals surface area contributed by atoms with Crippen LogP contribution in [0, 0.1) is 6.92 Å². The second kappa shape index (κ2) is 12.7. The number of nitrogens with one attached hydrogen (secondary N) is 1. The molecule has 0 spiro atoms. The average Bonchev–Trinajstić information content (AvgIpc) is 2.85. The van der Waals surface area contributed by atoms with Crippen molar-refractivity contribution in [2.24, 2.45) is 4.99 Å². The topological polar surface area (TPSA) is 24.4 Å². The smallest absolute Gasteiger partial charge is 0.0674 e. The van der Waals surface area contributed by atoms with Gasteiger partial charge in [-0.2, -0.15) is 0 Å². The van der Waals surface area contributed by atoms with Crippen LogP contribution in [0.5, 0.6) is 0 Å². The van der Waals surface area contributed by atoms with Gasteiger partial charge in [0, 0.05) is 17.3 Å². The van der Waals surface area contributed by atoms with Gasteiger partial charge in [0.2, 0.25) is 0 Å². The highest BCUT2D eigenvalue weighted by Gasteiger charge is 2.13. The Bertz CT molecular complexity index is 1200. The van der Waals surface area contributed by atoms with Gasteiger partial charge < -0.3 is 5.32 Å². The fourth-order valence-corrected chi connectivity index (χ4v) is 4.49. The normalized spacial score (nSPS) is 13.1. The summed E-state index contributed by atoms with van der Waals surface area (Å²) in [4.78, 5) is 4.95. The summed E-state index contributed by atoms with van der Waals surface area (Å²) in [6, 6.07) is 24.0. The lowest BCUT2D eigenvalue weighted by Crippen LogP contribution is -2.34. The average molecular weight is 485 g/mol. The molecule has 3 aromatic carbocycles. The molecule has 182 valence electrons. The van der Waals surface area contributed by atoms with E-state index in [4.69, 9.17) is 16.6 Å². The minimum atomic E-state index is 0.145. The summed E-state index contributed by atoms with van der Waals surface area (Å²) in [6.45, 7) is 12.2. The largest absolute Gasteiger partial charge is 0.312 e. The summed E-state index contributed by atoms with van der Waals surface area (Å²) in [5.74, 6) is 0. The lowest BCUT2D eigenvalue weighted by Gasteiger charge is -2.18. The molecule has 0 radical (unpaired) electrons. The van der Waals surface area contributed by atoms with E-state index >= 15 is 0 Å². The summed E-state index contributed by atoms with van der Waals surface area (Å²) in [7, 11) is 1.99. The van der Waals surface area contributed by atoms with Gasteiger partial charge in [0.25, 0.3) is 0 Å². The number of hydrogen-bond acceptors (Lipinski definition) is 2. The molecular weight excluding hydrogens is 448 g/mol. The zero-order valence-corrected chi connectivity index (χ0v) is 22.4. The first-order valence-electron chi connectivity index (χ1n) is 12.3. The highest BCUT2D eigenvalue weighted by atomic mass is 35.5. The molecule has 0 aliphatic heterocycles. The Kier molecular flexibility index (Phi) is 9.65. The van der Waals surface area contributed by atoms with Crippen molar-refractivity contribution >= 4 is 28.6 Å².